The molecule has 28 heavy (non-hydrogen) atoms. The van der Waals surface area contributed by atoms with E-state index in [4.69, 9.17) is 0 Å². The monoisotopic (exact) mass is 405 g/mol. The quantitative estimate of drug-likeness (QED) is 0.800. The van der Waals surface area contributed by atoms with Gasteiger partial charge in [0.25, 0.3) is 5.56 Å². The summed E-state index contributed by atoms with van der Waals surface area (Å²) in [6, 6.07) is 6.53. The van der Waals surface area contributed by atoms with Gasteiger partial charge in [0.15, 0.2) is 0 Å². The highest BCUT2D eigenvalue weighted by atomic mass is 32.2. The second-order valence-corrected chi connectivity index (χ2v) is 9.91. The Kier molecular flexibility index (Phi) is 6.15. The first-order chi connectivity index (χ1) is 13.2. The summed E-state index contributed by atoms with van der Waals surface area (Å²) in [7, 11) is -1.69. The molecule has 3 rings (SSSR count). The zero-order valence-electron chi connectivity index (χ0n) is 17.2. The summed E-state index contributed by atoms with van der Waals surface area (Å²) in [5, 5.41) is 0. The molecule has 2 aromatic rings. The molecule has 0 radical (unpaired) electrons. The molecule has 1 N–H and O–H groups in total. The van der Waals surface area contributed by atoms with Gasteiger partial charge < -0.3 is 0 Å². The van der Waals surface area contributed by atoms with Crippen LogP contribution in [0.2, 0.25) is 0 Å². The van der Waals surface area contributed by atoms with Crippen LogP contribution in [0.25, 0.3) is 5.69 Å². The highest BCUT2D eigenvalue weighted by Gasteiger charge is 2.21. The third-order valence-corrected chi connectivity index (χ3v) is 7.29. The van der Waals surface area contributed by atoms with E-state index in [9.17, 15) is 13.2 Å². The van der Waals surface area contributed by atoms with Gasteiger partial charge in [-0.3, -0.25) is 9.48 Å². The Hall–Kier alpha value is -1.86. The standard InChI is InChI=1S/C21H31N3O3S/c1-15(2)20-16(3)23(4)24(21(20)25)18-10-12-19(13-11-18)28(26,27)22-14-17-8-6-5-7-9-17/h10-13,15,17,22H,5-9,14H2,1-4H3. The summed E-state index contributed by atoms with van der Waals surface area (Å²) >= 11 is 0. The minimum atomic E-state index is -3.54. The maximum atomic E-state index is 12.8. The second kappa shape index (κ2) is 8.25. The summed E-state index contributed by atoms with van der Waals surface area (Å²) in [5.41, 5.74) is 2.31. The SMILES string of the molecule is Cc1c(C(C)C)c(=O)n(-c2ccc(S(=O)(=O)NCC3CCCCC3)cc2)n1C. The zero-order chi connectivity index (χ0) is 20.5. The third-order valence-electron chi connectivity index (χ3n) is 5.85. The second-order valence-electron chi connectivity index (χ2n) is 8.14. The van der Waals surface area contributed by atoms with Crippen molar-refractivity contribution < 1.29 is 8.42 Å². The first kappa shape index (κ1) is 20.9. The molecule has 1 aromatic heterocycles. The molecule has 0 amide bonds. The number of nitrogens with zero attached hydrogens (tertiary/aromatic N) is 2. The Morgan fingerprint density at radius 1 is 1.11 bits per heavy atom. The highest BCUT2D eigenvalue weighted by Crippen LogP contribution is 2.24. The van der Waals surface area contributed by atoms with Crippen molar-refractivity contribution in [1.82, 2.24) is 14.1 Å². The lowest BCUT2D eigenvalue weighted by Crippen LogP contribution is -2.30. The lowest BCUT2D eigenvalue weighted by molar-refractivity contribution is 0.357. The number of hydrogen-bond donors (Lipinski definition) is 1. The molecule has 6 nitrogen and oxygen atoms in total. The zero-order valence-corrected chi connectivity index (χ0v) is 18.1. The van der Waals surface area contributed by atoms with Crippen molar-refractivity contribution in [2.75, 3.05) is 6.54 Å². The molecular formula is C21H31N3O3S. The van der Waals surface area contributed by atoms with Crippen molar-refractivity contribution in [2.24, 2.45) is 13.0 Å². The van der Waals surface area contributed by atoms with Gasteiger partial charge in [-0.25, -0.2) is 17.8 Å². The molecule has 1 heterocycles. The largest absolute Gasteiger partial charge is 0.285 e. The molecule has 0 spiro atoms. The lowest BCUT2D eigenvalue weighted by atomic mass is 9.90. The van der Waals surface area contributed by atoms with Crippen LogP contribution in [0, 0.1) is 12.8 Å². The molecule has 1 fully saturated rings. The van der Waals surface area contributed by atoms with Gasteiger partial charge in [0.05, 0.1) is 10.6 Å². The summed E-state index contributed by atoms with van der Waals surface area (Å²) in [5.74, 6) is 0.561. The van der Waals surface area contributed by atoms with E-state index >= 15 is 0 Å². The lowest BCUT2D eigenvalue weighted by Gasteiger charge is -2.21. The fraction of sp³-hybridized carbons (Fsp3) is 0.571. The average molecular weight is 406 g/mol. The summed E-state index contributed by atoms with van der Waals surface area (Å²) in [6.45, 7) is 6.43. The Bertz CT molecular complexity index is 979. The van der Waals surface area contributed by atoms with Crippen molar-refractivity contribution in [1.29, 1.82) is 0 Å². The Morgan fingerprint density at radius 3 is 2.25 bits per heavy atom. The van der Waals surface area contributed by atoms with E-state index in [1.807, 2.05) is 32.5 Å². The maximum Gasteiger partial charge on any atom is 0.275 e. The van der Waals surface area contributed by atoms with Crippen LogP contribution in [0.1, 0.15) is 63.1 Å². The molecular weight excluding hydrogens is 374 g/mol. The van der Waals surface area contributed by atoms with Crippen LogP contribution in [0.15, 0.2) is 34.0 Å². The van der Waals surface area contributed by atoms with Crippen molar-refractivity contribution >= 4 is 10.0 Å². The first-order valence-corrected chi connectivity index (χ1v) is 11.6. The molecule has 7 heteroatoms. The smallest absolute Gasteiger partial charge is 0.275 e. The molecule has 0 unspecified atom stereocenters. The van der Waals surface area contributed by atoms with Gasteiger partial charge in [0.1, 0.15) is 0 Å². The Labute approximate surface area is 167 Å². The van der Waals surface area contributed by atoms with Crippen molar-refractivity contribution in [3.05, 3.63) is 45.9 Å². The topological polar surface area (TPSA) is 73.1 Å². The van der Waals surface area contributed by atoms with Gasteiger partial charge in [-0.15, -0.1) is 0 Å². The fourth-order valence-electron chi connectivity index (χ4n) is 4.15. The molecule has 0 bridgehead atoms. The summed E-state index contributed by atoms with van der Waals surface area (Å²) in [4.78, 5) is 13.1. The minimum Gasteiger partial charge on any atom is -0.285 e. The predicted molar refractivity (Wildman–Crippen MR) is 112 cm³/mol. The van der Waals surface area contributed by atoms with Gasteiger partial charge in [-0.05, 0) is 55.9 Å². The molecule has 0 aliphatic heterocycles. The van der Waals surface area contributed by atoms with Gasteiger partial charge in [0, 0.05) is 24.8 Å². The van der Waals surface area contributed by atoms with Crippen LogP contribution in [-0.4, -0.2) is 24.3 Å². The van der Waals surface area contributed by atoms with E-state index in [0.717, 1.165) is 24.1 Å². The first-order valence-electron chi connectivity index (χ1n) is 10.1. The van der Waals surface area contributed by atoms with E-state index in [1.54, 1.807) is 28.9 Å². The van der Waals surface area contributed by atoms with Crippen LogP contribution in [0.4, 0.5) is 0 Å². The number of aromatic nitrogens is 2. The van der Waals surface area contributed by atoms with Gasteiger partial charge in [-0.1, -0.05) is 33.1 Å². The fourth-order valence-corrected chi connectivity index (χ4v) is 5.27. The number of rotatable bonds is 6. The molecule has 1 aliphatic rings. The molecule has 0 atom stereocenters. The van der Waals surface area contributed by atoms with Gasteiger partial charge >= 0.3 is 0 Å². The van der Waals surface area contributed by atoms with Gasteiger partial charge in [0.2, 0.25) is 10.0 Å². The summed E-state index contributed by atoms with van der Waals surface area (Å²) < 4.78 is 31.4. The molecule has 0 saturated heterocycles. The molecule has 1 saturated carbocycles. The number of hydrogen-bond acceptors (Lipinski definition) is 3. The van der Waals surface area contributed by atoms with Crippen LogP contribution >= 0.6 is 0 Å². The van der Waals surface area contributed by atoms with Crippen LogP contribution in [0.3, 0.4) is 0 Å². The molecule has 1 aromatic carbocycles. The van der Waals surface area contributed by atoms with E-state index in [1.165, 1.54) is 19.3 Å². The minimum absolute atomic E-state index is 0.0546. The third kappa shape index (κ3) is 4.10. The Morgan fingerprint density at radius 2 is 1.71 bits per heavy atom. The van der Waals surface area contributed by atoms with Gasteiger partial charge in [-0.2, -0.15) is 0 Å². The van der Waals surface area contributed by atoms with E-state index in [-0.39, 0.29) is 16.4 Å². The predicted octanol–water partition coefficient (Wildman–Crippen LogP) is 3.47. The van der Waals surface area contributed by atoms with Crippen molar-refractivity contribution in [3.8, 4) is 5.69 Å². The van der Waals surface area contributed by atoms with E-state index in [2.05, 4.69) is 4.72 Å². The highest BCUT2D eigenvalue weighted by molar-refractivity contribution is 7.89. The molecule has 1 aliphatic carbocycles. The summed E-state index contributed by atoms with van der Waals surface area (Å²) in [6.07, 6.45) is 5.81. The molecule has 154 valence electrons. The van der Waals surface area contributed by atoms with Crippen LogP contribution in [0.5, 0.6) is 0 Å². The number of sulfonamides is 1. The van der Waals surface area contributed by atoms with E-state index < -0.39 is 10.0 Å². The van der Waals surface area contributed by atoms with E-state index in [0.29, 0.717) is 18.2 Å². The Balaban J connectivity index is 1.82. The normalized spacial score (nSPS) is 16.0. The number of benzene rings is 1. The number of nitrogens with one attached hydrogen (secondary N) is 1. The van der Waals surface area contributed by atoms with Crippen molar-refractivity contribution in [2.45, 2.75) is 63.7 Å². The van der Waals surface area contributed by atoms with Crippen molar-refractivity contribution in [3.63, 3.8) is 0 Å². The van der Waals surface area contributed by atoms with Crippen LogP contribution < -0.4 is 10.3 Å². The maximum absolute atomic E-state index is 12.8. The van der Waals surface area contributed by atoms with Crippen LogP contribution in [-0.2, 0) is 17.1 Å². The average Bonchev–Trinajstić information content (AvgIpc) is 2.90.